The van der Waals surface area contributed by atoms with Crippen molar-refractivity contribution in [3.8, 4) is 0 Å². The van der Waals surface area contributed by atoms with Gasteiger partial charge in [-0.1, -0.05) is 0 Å². The summed E-state index contributed by atoms with van der Waals surface area (Å²) in [7, 11) is 0. The van der Waals surface area contributed by atoms with Crippen LogP contribution in [0.25, 0.3) is 0 Å². The summed E-state index contributed by atoms with van der Waals surface area (Å²) >= 11 is 0. The van der Waals surface area contributed by atoms with Gasteiger partial charge in [-0.2, -0.15) is 0 Å². The molecule has 0 aliphatic heterocycles. The summed E-state index contributed by atoms with van der Waals surface area (Å²) < 4.78 is 0. The fourth-order valence-electron chi connectivity index (χ4n) is 0.821. The van der Waals surface area contributed by atoms with Crippen LogP contribution in [0.1, 0.15) is 12.8 Å². The Kier molecular flexibility index (Phi) is 1.30. The summed E-state index contributed by atoms with van der Waals surface area (Å²) in [5.41, 5.74) is 5.47. The zero-order valence-electron chi connectivity index (χ0n) is 4.30. The highest BCUT2D eigenvalue weighted by molar-refractivity contribution is 4.82. The standard InChI is InChI=1S/C5H11NO/c6-5-2-1-4(5)3-7/h4-5,7H,1-3,6H2/t4?,5-/m0/s1. The molecule has 7 heavy (non-hydrogen) atoms. The first-order valence-electron chi connectivity index (χ1n) is 2.71. The Morgan fingerprint density at radius 1 is 1.57 bits per heavy atom. The van der Waals surface area contributed by atoms with Crippen LogP contribution in [0.3, 0.4) is 0 Å². The fourth-order valence-corrected chi connectivity index (χ4v) is 0.821. The van der Waals surface area contributed by atoms with Crippen LogP contribution in [0.5, 0.6) is 0 Å². The smallest absolute Gasteiger partial charge is 0.0474 e. The van der Waals surface area contributed by atoms with Gasteiger partial charge in [-0.25, -0.2) is 0 Å². The van der Waals surface area contributed by atoms with E-state index in [4.69, 9.17) is 10.8 Å². The van der Waals surface area contributed by atoms with Gasteiger partial charge in [0.05, 0.1) is 0 Å². The van der Waals surface area contributed by atoms with Gasteiger partial charge in [0.2, 0.25) is 0 Å². The van der Waals surface area contributed by atoms with E-state index in [0.29, 0.717) is 12.0 Å². The average Bonchev–Trinajstić information content (AvgIpc) is 1.65. The molecule has 42 valence electrons. The molecule has 0 spiro atoms. The highest BCUT2D eigenvalue weighted by atomic mass is 16.3. The van der Waals surface area contributed by atoms with Gasteiger partial charge in [-0.15, -0.1) is 0 Å². The Bertz CT molecular complexity index is 63.1. The zero-order chi connectivity index (χ0) is 5.28. The van der Waals surface area contributed by atoms with Gasteiger partial charge in [0, 0.05) is 12.6 Å². The summed E-state index contributed by atoms with van der Waals surface area (Å²) in [6, 6.07) is 0.296. The molecule has 0 aromatic rings. The molecule has 2 heteroatoms. The van der Waals surface area contributed by atoms with Crippen molar-refractivity contribution in [3.63, 3.8) is 0 Å². The maximum atomic E-state index is 8.48. The van der Waals surface area contributed by atoms with Crippen LogP contribution >= 0.6 is 0 Å². The van der Waals surface area contributed by atoms with E-state index < -0.39 is 0 Å². The van der Waals surface area contributed by atoms with Crippen molar-refractivity contribution in [1.29, 1.82) is 0 Å². The monoisotopic (exact) mass is 101 g/mol. The molecule has 1 rings (SSSR count). The van der Waals surface area contributed by atoms with Crippen LogP contribution in [0.2, 0.25) is 0 Å². The SMILES string of the molecule is N[C@H]1CCC1CO. The molecule has 0 radical (unpaired) electrons. The first-order chi connectivity index (χ1) is 3.34. The van der Waals surface area contributed by atoms with E-state index in [9.17, 15) is 0 Å². The van der Waals surface area contributed by atoms with Crippen molar-refractivity contribution in [2.75, 3.05) is 6.61 Å². The van der Waals surface area contributed by atoms with E-state index in [1.54, 1.807) is 0 Å². The minimum atomic E-state index is 0.279. The number of nitrogens with two attached hydrogens (primary N) is 1. The van der Waals surface area contributed by atoms with E-state index in [0.717, 1.165) is 12.8 Å². The number of hydrogen-bond acceptors (Lipinski definition) is 2. The Morgan fingerprint density at radius 3 is 2.29 bits per heavy atom. The fraction of sp³-hybridized carbons (Fsp3) is 1.00. The second-order valence-corrected chi connectivity index (χ2v) is 2.18. The molecule has 1 aliphatic rings. The molecule has 0 bridgehead atoms. The van der Waals surface area contributed by atoms with Crippen molar-refractivity contribution in [3.05, 3.63) is 0 Å². The van der Waals surface area contributed by atoms with Crippen LogP contribution in [0.4, 0.5) is 0 Å². The predicted molar refractivity (Wildman–Crippen MR) is 27.8 cm³/mol. The Hall–Kier alpha value is -0.0800. The van der Waals surface area contributed by atoms with Gasteiger partial charge < -0.3 is 10.8 Å². The molecule has 1 aliphatic carbocycles. The molecule has 3 N–H and O–H groups in total. The number of aliphatic hydroxyl groups excluding tert-OH is 1. The van der Waals surface area contributed by atoms with Crippen LogP contribution in [-0.2, 0) is 0 Å². The van der Waals surface area contributed by atoms with E-state index in [2.05, 4.69) is 0 Å². The average molecular weight is 101 g/mol. The van der Waals surface area contributed by atoms with Gasteiger partial charge in [0.1, 0.15) is 0 Å². The van der Waals surface area contributed by atoms with E-state index in [-0.39, 0.29) is 6.61 Å². The lowest BCUT2D eigenvalue weighted by molar-refractivity contribution is 0.138. The molecule has 1 saturated carbocycles. The molecule has 1 unspecified atom stereocenters. The third-order valence-corrected chi connectivity index (χ3v) is 1.71. The maximum absolute atomic E-state index is 8.48. The van der Waals surface area contributed by atoms with Crippen molar-refractivity contribution < 1.29 is 5.11 Å². The number of aliphatic hydroxyl groups is 1. The Labute approximate surface area is 43.3 Å². The highest BCUT2D eigenvalue weighted by Crippen LogP contribution is 2.23. The molecule has 2 atom stereocenters. The lowest BCUT2D eigenvalue weighted by atomic mass is 9.81. The van der Waals surface area contributed by atoms with E-state index in [1.807, 2.05) is 0 Å². The minimum absolute atomic E-state index is 0.279. The number of hydrogen-bond donors (Lipinski definition) is 2. The van der Waals surface area contributed by atoms with Gasteiger partial charge >= 0.3 is 0 Å². The third kappa shape index (κ3) is 0.763. The van der Waals surface area contributed by atoms with Crippen LogP contribution in [0.15, 0.2) is 0 Å². The van der Waals surface area contributed by atoms with Crippen molar-refractivity contribution in [2.45, 2.75) is 18.9 Å². The van der Waals surface area contributed by atoms with Gasteiger partial charge in [0.25, 0.3) is 0 Å². The summed E-state index contributed by atoms with van der Waals surface area (Å²) in [5.74, 6) is 0.417. The molecular formula is C5H11NO. The van der Waals surface area contributed by atoms with E-state index >= 15 is 0 Å². The quantitative estimate of drug-likeness (QED) is 0.477. The minimum Gasteiger partial charge on any atom is -0.396 e. The third-order valence-electron chi connectivity index (χ3n) is 1.71. The Morgan fingerprint density at radius 2 is 2.29 bits per heavy atom. The Balaban J connectivity index is 2.16. The second-order valence-electron chi connectivity index (χ2n) is 2.18. The molecule has 1 fully saturated rings. The molecule has 0 aromatic heterocycles. The first-order valence-corrected chi connectivity index (χ1v) is 2.71. The summed E-state index contributed by atoms with van der Waals surface area (Å²) in [6.45, 7) is 0.279. The topological polar surface area (TPSA) is 46.2 Å². The van der Waals surface area contributed by atoms with Gasteiger partial charge in [-0.05, 0) is 18.8 Å². The molecule has 0 aromatic carbocycles. The van der Waals surface area contributed by atoms with Crippen LogP contribution in [0, 0.1) is 5.92 Å². The normalized spacial score (nSPS) is 40.3. The highest BCUT2D eigenvalue weighted by Gasteiger charge is 2.25. The zero-order valence-corrected chi connectivity index (χ0v) is 4.30. The van der Waals surface area contributed by atoms with Crippen molar-refractivity contribution in [1.82, 2.24) is 0 Å². The maximum Gasteiger partial charge on any atom is 0.0474 e. The second kappa shape index (κ2) is 1.80. The predicted octanol–water partition coefficient (Wildman–Crippen LogP) is -0.284. The van der Waals surface area contributed by atoms with Crippen molar-refractivity contribution in [2.24, 2.45) is 11.7 Å². The largest absolute Gasteiger partial charge is 0.396 e. The van der Waals surface area contributed by atoms with Crippen LogP contribution in [-0.4, -0.2) is 17.8 Å². The molecule has 0 saturated heterocycles. The summed E-state index contributed by atoms with van der Waals surface area (Å²) in [6.07, 6.45) is 2.23. The first kappa shape index (κ1) is 5.06. The lowest BCUT2D eigenvalue weighted by Gasteiger charge is -2.31. The molecule has 0 heterocycles. The lowest BCUT2D eigenvalue weighted by Crippen LogP contribution is -2.41. The molecule has 2 nitrogen and oxygen atoms in total. The summed E-state index contributed by atoms with van der Waals surface area (Å²) in [5, 5.41) is 8.48. The van der Waals surface area contributed by atoms with Crippen LogP contribution < -0.4 is 5.73 Å². The van der Waals surface area contributed by atoms with Gasteiger partial charge in [0.15, 0.2) is 0 Å². The van der Waals surface area contributed by atoms with E-state index in [1.165, 1.54) is 0 Å². The van der Waals surface area contributed by atoms with Gasteiger partial charge in [-0.3, -0.25) is 0 Å². The summed E-state index contributed by atoms with van der Waals surface area (Å²) in [4.78, 5) is 0. The number of rotatable bonds is 1. The molecule has 0 amide bonds. The molecular weight excluding hydrogens is 90.1 g/mol. The van der Waals surface area contributed by atoms with Crippen molar-refractivity contribution >= 4 is 0 Å².